The largest absolute Gasteiger partial charge is 0.490 e. The van der Waals surface area contributed by atoms with Crippen molar-refractivity contribution in [3.8, 4) is 11.5 Å². The van der Waals surface area contributed by atoms with Gasteiger partial charge in [-0.05, 0) is 50.7 Å². The average Bonchev–Trinajstić information content (AvgIpc) is 2.63. The molecule has 156 valence electrons. The van der Waals surface area contributed by atoms with E-state index in [2.05, 4.69) is 15.3 Å². The number of carboxylic acid groups (broad SMARTS) is 1. The molecule has 29 heavy (non-hydrogen) atoms. The molecule has 0 aliphatic rings. The van der Waals surface area contributed by atoms with Gasteiger partial charge in [0.25, 0.3) is 5.56 Å². The first-order valence-corrected chi connectivity index (χ1v) is 9.61. The molecular weight excluding hydrogens is 420 g/mol. The van der Waals surface area contributed by atoms with Crippen molar-refractivity contribution in [2.24, 2.45) is 5.10 Å². The van der Waals surface area contributed by atoms with Gasteiger partial charge in [0.1, 0.15) is 5.69 Å². The fourth-order valence-electron chi connectivity index (χ4n) is 2.32. The summed E-state index contributed by atoms with van der Waals surface area (Å²) >= 11 is 11.4. The smallest absolute Gasteiger partial charge is 0.303 e. The summed E-state index contributed by atoms with van der Waals surface area (Å²) in [4.78, 5) is 23.2. The molecule has 0 radical (unpaired) electrons. The Morgan fingerprint density at radius 3 is 2.83 bits per heavy atom. The number of halogens is 1. The third-order valence-electron chi connectivity index (χ3n) is 3.50. The number of nitrogens with one attached hydrogen (secondary N) is 1. The summed E-state index contributed by atoms with van der Waals surface area (Å²) in [5.74, 6) is -0.162. The van der Waals surface area contributed by atoms with E-state index in [9.17, 15) is 9.59 Å². The van der Waals surface area contributed by atoms with Crippen LogP contribution in [0.2, 0.25) is 5.02 Å². The molecule has 2 rings (SSSR count). The van der Waals surface area contributed by atoms with E-state index in [1.54, 1.807) is 12.1 Å². The van der Waals surface area contributed by atoms with E-state index in [1.807, 2.05) is 20.8 Å². The average molecular weight is 441 g/mol. The molecule has 1 aromatic heterocycles. The van der Waals surface area contributed by atoms with E-state index < -0.39 is 11.5 Å². The van der Waals surface area contributed by atoms with E-state index in [0.29, 0.717) is 28.7 Å². The Morgan fingerprint density at radius 1 is 1.48 bits per heavy atom. The topological polar surface area (TPSA) is 119 Å². The van der Waals surface area contributed by atoms with Crippen LogP contribution in [0.3, 0.4) is 0 Å². The van der Waals surface area contributed by atoms with E-state index in [-0.39, 0.29) is 29.4 Å². The molecule has 0 unspecified atom stereocenters. The normalized spacial score (nSPS) is 11.2. The van der Waals surface area contributed by atoms with Gasteiger partial charge in [0.15, 0.2) is 11.5 Å². The third-order valence-corrected chi connectivity index (χ3v) is 4.05. The van der Waals surface area contributed by atoms with E-state index in [4.69, 9.17) is 38.4 Å². The number of carboxylic acids is 1. The third kappa shape index (κ3) is 6.13. The van der Waals surface area contributed by atoms with Gasteiger partial charge in [0.05, 0.1) is 30.4 Å². The molecule has 9 nitrogen and oxygen atoms in total. The van der Waals surface area contributed by atoms with Crippen LogP contribution in [0.15, 0.2) is 22.0 Å². The van der Waals surface area contributed by atoms with Gasteiger partial charge in [0, 0.05) is 6.42 Å². The Labute approximate surface area is 176 Å². The zero-order valence-corrected chi connectivity index (χ0v) is 17.7. The van der Waals surface area contributed by atoms with Crippen molar-refractivity contribution in [3.63, 3.8) is 0 Å². The van der Waals surface area contributed by atoms with Crippen LogP contribution in [0.4, 0.5) is 0 Å². The molecule has 0 atom stereocenters. The van der Waals surface area contributed by atoms with Crippen molar-refractivity contribution in [2.45, 2.75) is 39.7 Å². The van der Waals surface area contributed by atoms with Crippen molar-refractivity contribution in [1.29, 1.82) is 0 Å². The molecule has 2 aromatic rings. The first-order chi connectivity index (χ1) is 13.7. The van der Waals surface area contributed by atoms with Crippen molar-refractivity contribution >= 4 is 36.0 Å². The first-order valence-electron chi connectivity index (χ1n) is 8.82. The Morgan fingerprint density at radius 2 is 2.21 bits per heavy atom. The Bertz CT molecular complexity index is 1030. The second kappa shape index (κ2) is 10.2. The van der Waals surface area contributed by atoms with Crippen molar-refractivity contribution in [2.75, 3.05) is 6.61 Å². The Hall–Kier alpha value is -2.72. The summed E-state index contributed by atoms with van der Waals surface area (Å²) in [5, 5.41) is 19.5. The van der Waals surface area contributed by atoms with Crippen LogP contribution >= 0.6 is 23.8 Å². The van der Waals surface area contributed by atoms with Crippen LogP contribution in [-0.2, 0) is 11.2 Å². The number of hydrogen-bond acceptors (Lipinski definition) is 7. The van der Waals surface area contributed by atoms with Crippen LogP contribution in [0.5, 0.6) is 11.5 Å². The molecule has 0 saturated carbocycles. The monoisotopic (exact) mass is 440 g/mol. The van der Waals surface area contributed by atoms with E-state index >= 15 is 0 Å². The van der Waals surface area contributed by atoms with Gasteiger partial charge in [-0.15, -0.1) is 0 Å². The number of hydrogen-bond donors (Lipinski definition) is 2. The van der Waals surface area contributed by atoms with Crippen molar-refractivity contribution in [3.05, 3.63) is 43.5 Å². The summed E-state index contributed by atoms with van der Waals surface area (Å²) < 4.78 is 12.2. The number of aromatic amines is 1. The lowest BCUT2D eigenvalue weighted by Gasteiger charge is -2.16. The number of H-pyrrole nitrogens is 1. The van der Waals surface area contributed by atoms with Gasteiger partial charge in [-0.1, -0.05) is 11.6 Å². The number of aryl methyl sites for hydroxylation is 1. The number of ether oxygens (including phenoxy) is 2. The predicted octanol–water partition coefficient (Wildman–Crippen LogP) is 3.04. The van der Waals surface area contributed by atoms with Crippen LogP contribution < -0.4 is 15.0 Å². The summed E-state index contributed by atoms with van der Waals surface area (Å²) in [5.41, 5.74) is -0.0197. The molecule has 2 N–H and O–H groups in total. The minimum Gasteiger partial charge on any atom is -0.490 e. The van der Waals surface area contributed by atoms with Crippen molar-refractivity contribution < 1.29 is 19.4 Å². The lowest BCUT2D eigenvalue weighted by Crippen LogP contribution is -2.25. The first kappa shape index (κ1) is 22.6. The van der Waals surface area contributed by atoms with Crippen LogP contribution in [0.1, 0.15) is 38.4 Å². The number of carbonyl (C=O) groups is 1. The van der Waals surface area contributed by atoms with Crippen LogP contribution in [0.25, 0.3) is 0 Å². The molecule has 0 bridgehead atoms. The van der Waals surface area contributed by atoms with Crippen LogP contribution in [-0.4, -0.2) is 44.9 Å². The van der Waals surface area contributed by atoms with Gasteiger partial charge in [-0.2, -0.15) is 14.9 Å². The highest BCUT2D eigenvalue weighted by atomic mass is 35.5. The number of aliphatic carboxylic acids is 1. The van der Waals surface area contributed by atoms with Crippen molar-refractivity contribution in [1.82, 2.24) is 14.9 Å². The second-order valence-electron chi connectivity index (χ2n) is 6.16. The van der Waals surface area contributed by atoms with Crippen LogP contribution in [0, 0.1) is 4.77 Å². The highest BCUT2D eigenvalue weighted by Gasteiger charge is 2.14. The molecule has 0 spiro atoms. The predicted molar refractivity (Wildman–Crippen MR) is 111 cm³/mol. The number of nitrogens with zero attached hydrogens (tertiary/aromatic N) is 3. The van der Waals surface area contributed by atoms with E-state index in [1.165, 1.54) is 6.21 Å². The summed E-state index contributed by atoms with van der Waals surface area (Å²) in [6.45, 7) is 6.00. The molecule has 0 aliphatic carbocycles. The Balaban J connectivity index is 2.41. The summed E-state index contributed by atoms with van der Waals surface area (Å²) in [7, 11) is 0. The number of benzene rings is 1. The highest BCUT2D eigenvalue weighted by Crippen LogP contribution is 2.37. The van der Waals surface area contributed by atoms with Gasteiger partial charge in [-0.25, -0.2) is 0 Å². The summed E-state index contributed by atoms with van der Waals surface area (Å²) in [6.07, 6.45) is 1.02. The molecule has 0 aliphatic heterocycles. The fraction of sp³-hybridized carbons (Fsp3) is 0.389. The van der Waals surface area contributed by atoms with Gasteiger partial charge < -0.3 is 14.6 Å². The molecule has 0 amide bonds. The maximum absolute atomic E-state index is 12.5. The lowest BCUT2D eigenvalue weighted by atomic mass is 10.2. The Kier molecular flexibility index (Phi) is 7.91. The fourth-order valence-corrected chi connectivity index (χ4v) is 2.76. The van der Waals surface area contributed by atoms with Gasteiger partial charge >= 0.3 is 5.97 Å². The molecule has 11 heteroatoms. The molecular formula is C18H21ClN4O5S. The zero-order chi connectivity index (χ0) is 21.6. The van der Waals surface area contributed by atoms with Gasteiger partial charge in [-0.3, -0.25) is 14.7 Å². The molecule has 1 aromatic carbocycles. The SMILES string of the molecule is CCOc1cc(/C=N\n2c(=S)[nH]nc(CCC(=O)O)c2=O)cc(Cl)c1OC(C)C. The highest BCUT2D eigenvalue weighted by molar-refractivity contribution is 7.71. The molecule has 0 fully saturated rings. The summed E-state index contributed by atoms with van der Waals surface area (Å²) in [6, 6.07) is 3.30. The minimum absolute atomic E-state index is 0.0202. The second-order valence-corrected chi connectivity index (χ2v) is 6.95. The standard InChI is InChI=1S/C18H21ClN4O5S/c1-4-27-14-8-11(7-12(19)16(14)28-10(2)3)9-20-23-17(26)13(5-6-15(24)25)21-22-18(23)29/h7-10H,4-6H2,1-3H3,(H,22,29)(H,24,25)/b20-9-. The maximum Gasteiger partial charge on any atom is 0.303 e. The zero-order valence-electron chi connectivity index (χ0n) is 16.1. The quantitative estimate of drug-likeness (QED) is 0.454. The number of aromatic nitrogens is 3. The van der Waals surface area contributed by atoms with Gasteiger partial charge in [0.2, 0.25) is 4.77 Å². The molecule has 0 saturated heterocycles. The lowest BCUT2D eigenvalue weighted by molar-refractivity contribution is -0.136. The molecule has 1 heterocycles. The van der Waals surface area contributed by atoms with E-state index in [0.717, 1.165) is 4.68 Å². The maximum atomic E-state index is 12.5. The number of rotatable bonds is 9. The minimum atomic E-state index is -1.04.